The van der Waals surface area contributed by atoms with Crippen LogP contribution >= 0.6 is 0 Å². The van der Waals surface area contributed by atoms with E-state index < -0.39 is 6.04 Å². The largest absolute Gasteiger partial charge is 0.497 e. The van der Waals surface area contributed by atoms with Gasteiger partial charge in [-0.05, 0) is 35.9 Å². The van der Waals surface area contributed by atoms with Gasteiger partial charge in [-0.15, -0.1) is 0 Å². The van der Waals surface area contributed by atoms with E-state index in [1.54, 1.807) is 42.3 Å². The zero-order chi connectivity index (χ0) is 17.3. The van der Waals surface area contributed by atoms with Crippen molar-refractivity contribution in [1.29, 1.82) is 0 Å². The van der Waals surface area contributed by atoms with Gasteiger partial charge >= 0.3 is 0 Å². The summed E-state index contributed by atoms with van der Waals surface area (Å²) in [6.45, 7) is 1.67. The normalized spacial score (nSPS) is 16.0. The summed E-state index contributed by atoms with van der Waals surface area (Å²) in [5, 5.41) is 2.68. The molecule has 1 atom stereocenters. The molecule has 0 saturated carbocycles. The topological polar surface area (TPSA) is 58.6 Å². The van der Waals surface area contributed by atoms with Crippen molar-refractivity contribution in [2.75, 3.05) is 12.0 Å². The van der Waals surface area contributed by atoms with Gasteiger partial charge in [0.25, 0.3) is 5.91 Å². The van der Waals surface area contributed by atoms with E-state index in [0.717, 1.165) is 5.56 Å². The predicted octanol–water partition coefficient (Wildman–Crippen LogP) is 2.56. The molecule has 2 aromatic rings. The minimum Gasteiger partial charge on any atom is -0.497 e. The Labute approximate surface area is 139 Å². The number of carbonyl (C=O) groups excluding carboxylic acids is 2. The van der Waals surface area contributed by atoms with Crippen LogP contribution in [0.4, 0.5) is 10.1 Å². The van der Waals surface area contributed by atoms with Crippen LogP contribution in [0.2, 0.25) is 0 Å². The Morgan fingerprint density at radius 3 is 2.58 bits per heavy atom. The molecule has 1 aliphatic heterocycles. The van der Waals surface area contributed by atoms with Gasteiger partial charge in [0.05, 0.1) is 19.3 Å². The number of carbonyl (C=O) groups is 2. The van der Waals surface area contributed by atoms with Crippen LogP contribution in [0.15, 0.2) is 42.5 Å². The lowest BCUT2D eigenvalue weighted by Crippen LogP contribution is -2.36. The summed E-state index contributed by atoms with van der Waals surface area (Å²) in [6.07, 6.45) is 0. The highest BCUT2D eigenvalue weighted by Crippen LogP contribution is 2.39. The van der Waals surface area contributed by atoms with Crippen LogP contribution in [0.5, 0.6) is 5.75 Å². The number of hydrogen-bond donors (Lipinski definition) is 1. The SMILES string of the molecule is COc1ccc2c(c1)[C@@H](NC(C)=O)C(=O)N2Cc1ccc(F)cc1. The molecule has 3 rings (SSSR count). The van der Waals surface area contributed by atoms with Gasteiger partial charge < -0.3 is 15.0 Å². The van der Waals surface area contributed by atoms with Crippen LogP contribution in [-0.4, -0.2) is 18.9 Å². The van der Waals surface area contributed by atoms with Crippen molar-refractivity contribution in [2.45, 2.75) is 19.5 Å². The summed E-state index contributed by atoms with van der Waals surface area (Å²) in [7, 11) is 1.54. The first-order valence-corrected chi connectivity index (χ1v) is 7.50. The second kappa shape index (κ2) is 6.31. The number of halogens is 1. The quantitative estimate of drug-likeness (QED) is 0.938. The first kappa shape index (κ1) is 16.0. The van der Waals surface area contributed by atoms with Crippen molar-refractivity contribution in [3.05, 3.63) is 59.4 Å². The zero-order valence-electron chi connectivity index (χ0n) is 13.4. The van der Waals surface area contributed by atoms with E-state index in [4.69, 9.17) is 4.74 Å². The molecule has 6 heteroatoms. The maximum atomic E-state index is 13.1. The van der Waals surface area contributed by atoms with Crippen molar-refractivity contribution in [3.8, 4) is 5.75 Å². The molecule has 0 spiro atoms. The van der Waals surface area contributed by atoms with Crippen molar-refractivity contribution in [1.82, 2.24) is 5.32 Å². The lowest BCUT2D eigenvalue weighted by molar-refractivity contribution is -0.126. The highest BCUT2D eigenvalue weighted by Gasteiger charge is 2.38. The van der Waals surface area contributed by atoms with E-state index >= 15 is 0 Å². The highest BCUT2D eigenvalue weighted by molar-refractivity contribution is 6.06. The average molecular weight is 328 g/mol. The molecule has 0 aromatic heterocycles. The van der Waals surface area contributed by atoms with Crippen molar-refractivity contribution in [3.63, 3.8) is 0 Å². The molecule has 0 radical (unpaired) electrons. The molecule has 124 valence electrons. The van der Waals surface area contributed by atoms with Crippen LogP contribution in [0.1, 0.15) is 24.1 Å². The molecule has 0 aliphatic carbocycles. The molecule has 1 aliphatic rings. The third-order valence-electron chi connectivity index (χ3n) is 3.95. The van der Waals surface area contributed by atoms with Gasteiger partial charge in [0, 0.05) is 12.5 Å². The molecule has 0 fully saturated rings. The van der Waals surface area contributed by atoms with Gasteiger partial charge in [-0.2, -0.15) is 0 Å². The summed E-state index contributed by atoms with van der Waals surface area (Å²) in [6, 6.07) is 10.5. The number of methoxy groups -OCH3 is 1. The minimum absolute atomic E-state index is 0.224. The van der Waals surface area contributed by atoms with E-state index in [1.807, 2.05) is 0 Å². The van der Waals surface area contributed by atoms with Gasteiger partial charge in [0.15, 0.2) is 0 Å². The molecule has 0 bridgehead atoms. The number of nitrogens with zero attached hydrogens (tertiary/aromatic N) is 1. The van der Waals surface area contributed by atoms with Crippen molar-refractivity contribution >= 4 is 17.5 Å². The fraction of sp³-hybridized carbons (Fsp3) is 0.222. The zero-order valence-corrected chi connectivity index (χ0v) is 13.4. The second-order valence-electron chi connectivity index (χ2n) is 5.61. The van der Waals surface area contributed by atoms with Crippen LogP contribution < -0.4 is 15.0 Å². The Balaban J connectivity index is 1.97. The lowest BCUT2D eigenvalue weighted by atomic mass is 10.1. The third-order valence-corrected chi connectivity index (χ3v) is 3.95. The molecular formula is C18H17FN2O3. The standard InChI is InChI=1S/C18H17FN2O3/c1-11(22)20-17-15-9-14(24-2)7-8-16(15)21(18(17)23)10-12-3-5-13(19)6-4-12/h3-9,17H,10H2,1-2H3,(H,20,22)/t17-/m1/s1. The smallest absolute Gasteiger partial charge is 0.254 e. The number of nitrogens with one attached hydrogen (secondary N) is 1. The molecule has 0 saturated heterocycles. The number of amides is 2. The number of rotatable bonds is 4. The molecule has 2 aromatic carbocycles. The Hall–Kier alpha value is -2.89. The Kier molecular flexibility index (Phi) is 4.20. The van der Waals surface area contributed by atoms with E-state index in [9.17, 15) is 14.0 Å². The number of ether oxygens (including phenoxy) is 1. The molecule has 1 N–H and O–H groups in total. The summed E-state index contributed by atoms with van der Waals surface area (Å²) in [5.41, 5.74) is 2.20. The summed E-state index contributed by atoms with van der Waals surface area (Å²) < 4.78 is 18.3. The van der Waals surface area contributed by atoms with E-state index in [2.05, 4.69) is 5.32 Å². The first-order valence-electron chi connectivity index (χ1n) is 7.50. The fourth-order valence-electron chi connectivity index (χ4n) is 2.82. The van der Waals surface area contributed by atoms with Gasteiger partial charge in [0.2, 0.25) is 5.91 Å². The fourth-order valence-corrected chi connectivity index (χ4v) is 2.82. The lowest BCUT2D eigenvalue weighted by Gasteiger charge is -2.18. The molecule has 1 heterocycles. The van der Waals surface area contributed by atoms with E-state index in [-0.39, 0.29) is 17.6 Å². The molecule has 5 nitrogen and oxygen atoms in total. The van der Waals surface area contributed by atoms with E-state index in [1.165, 1.54) is 19.1 Å². The molecular weight excluding hydrogens is 311 g/mol. The Morgan fingerprint density at radius 2 is 1.96 bits per heavy atom. The molecule has 2 amide bonds. The monoisotopic (exact) mass is 328 g/mol. The van der Waals surface area contributed by atoms with Crippen molar-refractivity contribution < 1.29 is 18.7 Å². The van der Waals surface area contributed by atoms with E-state index in [0.29, 0.717) is 23.5 Å². The van der Waals surface area contributed by atoms with Crippen LogP contribution in [0.25, 0.3) is 0 Å². The third kappa shape index (κ3) is 2.95. The number of hydrogen-bond acceptors (Lipinski definition) is 3. The number of fused-ring (bicyclic) bond motifs is 1. The maximum Gasteiger partial charge on any atom is 0.254 e. The van der Waals surface area contributed by atoms with Crippen LogP contribution in [0, 0.1) is 5.82 Å². The minimum atomic E-state index is -0.743. The molecule has 0 unspecified atom stereocenters. The van der Waals surface area contributed by atoms with Gasteiger partial charge in [-0.3, -0.25) is 9.59 Å². The second-order valence-corrected chi connectivity index (χ2v) is 5.61. The van der Waals surface area contributed by atoms with Gasteiger partial charge in [0.1, 0.15) is 17.6 Å². The van der Waals surface area contributed by atoms with Crippen molar-refractivity contribution in [2.24, 2.45) is 0 Å². The van der Waals surface area contributed by atoms with Crippen LogP contribution in [0.3, 0.4) is 0 Å². The highest BCUT2D eigenvalue weighted by atomic mass is 19.1. The summed E-state index contributed by atoms with van der Waals surface area (Å²) >= 11 is 0. The predicted molar refractivity (Wildman–Crippen MR) is 87.1 cm³/mol. The Bertz CT molecular complexity index is 789. The average Bonchev–Trinajstić information content (AvgIpc) is 2.81. The summed E-state index contributed by atoms with van der Waals surface area (Å²) in [4.78, 5) is 25.8. The number of benzene rings is 2. The van der Waals surface area contributed by atoms with Gasteiger partial charge in [-0.25, -0.2) is 4.39 Å². The summed E-state index contributed by atoms with van der Waals surface area (Å²) in [5.74, 6) is -0.225. The first-order chi connectivity index (χ1) is 11.5. The molecule has 24 heavy (non-hydrogen) atoms. The Morgan fingerprint density at radius 1 is 1.25 bits per heavy atom. The maximum absolute atomic E-state index is 13.1. The van der Waals surface area contributed by atoms with Gasteiger partial charge in [-0.1, -0.05) is 12.1 Å². The van der Waals surface area contributed by atoms with Crippen LogP contribution in [-0.2, 0) is 16.1 Å². The number of anilines is 1.